The lowest BCUT2D eigenvalue weighted by Gasteiger charge is -2.08. The summed E-state index contributed by atoms with van der Waals surface area (Å²) >= 11 is 0. The Kier molecular flexibility index (Phi) is 2.67. The molecule has 3 aromatic rings. The highest BCUT2D eigenvalue weighted by atomic mass is 16.5. The zero-order valence-corrected chi connectivity index (χ0v) is 12.1. The predicted molar refractivity (Wildman–Crippen MR) is 81.2 cm³/mol. The molecule has 5 nitrogen and oxygen atoms in total. The molecular weight excluding hydrogens is 264 g/mol. The molecule has 4 rings (SSSR count). The van der Waals surface area contributed by atoms with Gasteiger partial charge in [0.15, 0.2) is 0 Å². The summed E-state index contributed by atoms with van der Waals surface area (Å²) in [6, 6.07) is 6.76. The zero-order valence-electron chi connectivity index (χ0n) is 12.1. The lowest BCUT2D eigenvalue weighted by atomic mass is 10.0. The Hall–Kier alpha value is -2.43. The second kappa shape index (κ2) is 4.55. The third kappa shape index (κ3) is 2.14. The van der Waals surface area contributed by atoms with Crippen LogP contribution in [0, 0.1) is 13.8 Å². The minimum atomic E-state index is 0.561. The Bertz CT molecular complexity index is 801. The summed E-state index contributed by atoms with van der Waals surface area (Å²) in [6.45, 7) is 3.89. The fourth-order valence-electron chi connectivity index (χ4n) is 2.64. The van der Waals surface area contributed by atoms with Crippen LogP contribution in [0.5, 0.6) is 0 Å². The molecular formula is C16H16N4O. The van der Waals surface area contributed by atoms with Gasteiger partial charge in [0.05, 0.1) is 11.2 Å². The number of nitrogens with zero attached hydrogens (tertiary/aromatic N) is 3. The number of hydrogen-bond donors (Lipinski definition) is 1. The Morgan fingerprint density at radius 3 is 2.76 bits per heavy atom. The van der Waals surface area contributed by atoms with Crippen LogP contribution in [0.25, 0.3) is 22.0 Å². The molecule has 0 spiro atoms. The van der Waals surface area contributed by atoms with Crippen LogP contribution in [-0.2, 0) is 0 Å². The van der Waals surface area contributed by atoms with Crippen LogP contribution in [-0.4, -0.2) is 21.2 Å². The van der Waals surface area contributed by atoms with Crippen molar-refractivity contribution >= 4 is 16.7 Å². The maximum Gasteiger partial charge on any atom is 0.141 e. The quantitative estimate of drug-likeness (QED) is 0.795. The number of aromatic nitrogens is 3. The smallest absolute Gasteiger partial charge is 0.141 e. The summed E-state index contributed by atoms with van der Waals surface area (Å²) in [6.07, 6.45) is 4.05. The van der Waals surface area contributed by atoms with Crippen molar-refractivity contribution in [3.05, 3.63) is 36.0 Å². The molecule has 2 heterocycles. The van der Waals surface area contributed by atoms with Crippen LogP contribution in [0.2, 0.25) is 0 Å². The molecule has 0 amide bonds. The Labute approximate surface area is 122 Å². The van der Waals surface area contributed by atoms with Gasteiger partial charge in [-0.15, -0.1) is 0 Å². The average Bonchev–Trinajstić information content (AvgIpc) is 3.24. The third-order valence-electron chi connectivity index (χ3n) is 3.88. The minimum absolute atomic E-state index is 0.561. The molecule has 1 fully saturated rings. The summed E-state index contributed by atoms with van der Waals surface area (Å²) in [5.41, 5.74) is 3.99. The van der Waals surface area contributed by atoms with E-state index in [0.29, 0.717) is 6.04 Å². The van der Waals surface area contributed by atoms with Gasteiger partial charge in [0.2, 0.25) is 0 Å². The van der Waals surface area contributed by atoms with Gasteiger partial charge in [-0.25, -0.2) is 9.97 Å². The number of nitrogens with one attached hydrogen (secondary N) is 1. The van der Waals surface area contributed by atoms with Gasteiger partial charge in [-0.1, -0.05) is 11.2 Å². The van der Waals surface area contributed by atoms with Gasteiger partial charge in [0, 0.05) is 17.0 Å². The lowest BCUT2D eigenvalue weighted by Crippen LogP contribution is -2.04. The highest BCUT2D eigenvalue weighted by molar-refractivity contribution is 5.93. The van der Waals surface area contributed by atoms with Crippen LogP contribution in [0.1, 0.15) is 24.3 Å². The van der Waals surface area contributed by atoms with E-state index in [9.17, 15) is 0 Å². The first-order chi connectivity index (χ1) is 10.2. The van der Waals surface area contributed by atoms with Gasteiger partial charge in [-0.3, -0.25) is 0 Å². The number of rotatable bonds is 3. The molecule has 1 saturated carbocycles. The van der Waals surface area contributed by atoms with Gasteiger partial charge >= 0.3 is 0 Å². The largest absolute Gasteiger partial charge is 0.367 e. The molecule has 0 aliphatic heterocycles. The van der Waals surface area contributed by atoms with E-state index < -0.39 is 0 Å². The highest BCUT2D eigenvalue weighted by Gasteiger charge is 2.22. The molecule has 1 N–H and O–H groups in total. The van der Waals surface area contributed by atoms with Crippen molar-refractivity contribution in [3.8, 4) is 11.1 Å². The molecule has 1 aromatic carbocycles. The number of aryl methyl sites for hydroxylation is 2. The zero-order chi connectivity index (χ0) is 14.4. The first-order valence-corrected chi connectivity index (χ1v) is 7.17. The Morgan fingerprint density at radius 2 is 2.05 bits per heavy atom. The maximum absolute atomic E-state index is 5.27. The first kappa shape index (κ1) is 12.3. The van der Waals surface area contributed by atoms with Crippen LogP contribution in [0.15, 0.2) is 29.0 Å². The van der Waals surface area contributed by atoms with Crippen molar-refractivity contribution in [2.24, 2.45) is 0 Å². The summed E-state index contributed by atoms with van der Waals surface area (Å²) in [5.74, 6) is 1.75. The summed E-state index contributed by atoms with van der Waals surface area (Å²) in [4.78, 5) is 8.74. The topological polar surface area (TPSA) is 63.8 Å². The highest BCUT2D eigenvalue weighted by Crippen LogP contribution is 2.32. The molecule has 5 heteroatoms. The molecule has 21 heavy (non-hydrogen) atoms. The number of fused-ring (bicyclic) bond motifs is 1. The van der Waals surface area contributed by atoms with Crippen LogP contribution in [0.4, 0.5) is 5.82 Å². The van der Waals surface area contributed by atoms with Gasteiger partial charge in [-0.2, -0.15) is 0 Å². The Balaban J connectivity index is 1.88. The van der Waals surface area contributed by atoms with E-state index in [2.05, 4.69) is 32.6 Å². The van der Waals surface area contributed by atoms with E-state index in [1.807, 2.05) is 19.9 Å². The van der Waals surface area contributed by atoms with E-state index >= 15 is 0 Å². The second-order valence-electron chi connectivity index (χ2n) is 5.57. The SMILES string of the molecule is Cc1noc(C)c1-c1ccc2ncnc(NC3CC3)c2c1. The second-order valence-corrected chi connectivity index (χ2v) is 5.57. The van der Waals surface area contributed by atoms with Crippen molar-refractivity contribution in [3.63, 3.8) is 0 Å². The number of hydrogen-bond acceptors (Lipinski definition) is 5. The predicted octanol–water partition coefficient (Wildman–Crippen LogP) is 3.48. The number of benzene rings is 1. The van der Waals surface area contributed by atoms with Crippen LogP contribution in [0.3, 0.4) is 0 Å². The summed E-state index contributed by atoms with van der Waals surface area (Å²) in [7, 11) is 0. The fourth-order valence-corrected chi connectivity index (χ4v) is 2.64. The van der Waals surface area contributed by atoms with Crippen molar-refractivity contribution in [1.29, 1.82) is 0 Å². The average molecular weight is 280 g/mol. The van der Waals surface area contributed by atoms with E-state index in [0.717, 1.165) is 39.3 Å². The molecule has 1 aliphatic rings. The number of anilines is 1. The van der Waals surface area contributed by atoms with Crippen molar-refractivity contribution in [2.75, 3.05) is 5.32 Å². The molecule has 0 atom stereocenters. The Morgan fingerprint density at radius 1 is 1.19 bits per heavy atom. The molecule has 0 radical (unpaired) electrons. The van der Waals surface area contributed by atoms with Crippen LogP contribution < -0.4 is 5.32 Å². The standard InChI is InChI=1S/C16H16N4O/c1-9-15(10(2)21-20-9)11-3-6-14-13(7-11)16(18-8-17-14)19-12-4-5-12/h3,6-8,12H,4-5H2,1-2H3,(H,17,18,19). The van der Waals surface area contributed by atoms with Crippen molar-refractivity contribution in [2.45, 2.75) is 32.7 Å². The normalized spacial score (nSPS) is 14.6. The monoisotopic (exact) mass is 280 g/mol. The molecule has 1 aliphatic carbocycles. The van der Waals surface area contributed by atoms with Crippen molar-refractivity contribution < 1.29 is 4.52 Å². The maximum atomic E-state index is 5.27. The molecule has 0 unspecified atom stereocenters. The molecule has 0 saturated heterocycles. The minimum Gasteiger partial charge on any atom is -0.367 e. The van der Waals surface area contributed by atoms with Gasteiger partial charge in [0.1, 0.15) is 17.9 Å². The lowest BCUT2D eigenvalue weighted by molar-refractivity contribution is 0.393. The van der Waals surface area contributed by atoms with Gasteiger partial charge in [0.25, 0.3) is 0 Å². The molecule has 106 valence electrons. The summed E-state index contributed by atoms with van der Waals surface area (Å²) in [5, 5.41) is 8.55. The first-order valence-electron chi connectivity index (χ1n) is 7.17. The fraction of sp³-hybridized carbons (Fsp3) is 0.312. The van der Waals surface area contributed by atoms with Crippen molar-refractivity contribution in [1.82, 2.24) is 15.1 Å². The third-order valence-corrected chi connectivity index (χ3v) is 3.88. The van der Waals surface area contributed by atoms with Gasteiger partial charge < -0.3 is 9.84 Å². The molecule has 2 aromatic heterocycles. The van der Waals surface area contributed by atoms with Crippen LogP contribution >= 0.6 is 0 Å². The van der Waals surface area contributed by atoms with E-state index in [1.165, 1.54) is 12.8 Å². The van der Waals surface area contributed by atoms with Gasteiger partial charge in [-0.05, 0) is 44.4 Å². The van der Waals surface area contributed by atoms with E-state index in [1.54, 1.807) is 6.33 Å². The molecule has 0 bridgehead atoms. The van der Waals surface area contributed by atoms with E-state index in [-0.39, 0.29) is 0 Å². The summed E-state index contributed by atoms with van der Waals surface area (Å²) < 4.78 is 5.27. The van der Waals surface area contributed by atoms with E-state index in [4.69, 9.17) is 4.52 Å².